The molecule has 3 rings (SSSR count). The molecule has 3 nitrogen and oxygen atoms in total. The number of fused-ring (bicyclic) bond motifs is 1. The van der Waals surface area contributed by atoms with Gasteiger partial charge in [-0.25, -0.2) is 0 Å². The van der Waals surface area contributed by atoms with Crippen LogP contribution in [-0.2, 0) is 17.6 Å². The second-order valence-corrected chi connectivity index (χ2v) is 8.10. The van der Waals surface area contributed by atoms with Crippen LogP contribution in [0.4, 0.5) is 5.00 Å². The number of hydrogen-bond donors (Lipinski definition) is 1. The number of hydrogen-bond acceptors (Lipinski definition) is 3. The second kappa shape index (κ2) is 7.61. The minimum Gasteiger partial charge on any atom is -0.313 e. The summed E-state index contributed by atoms with van der Waals surface area (Å²) in [5.41, 5.74) is 2.42. The Morgan fingerprint density at radius 1 is 1.44 bits per heavy atom. The summed E-state index contributed by atoms with van der Waals surface area (Å²) >= 11 is 13.5. The van der Waals surface area contributed by atoms with Crippen LogP contribution in [-0.4, -0.2) is 5.91 Å². The van der Waals surface area contributed by atoms with E-state index in [0.717, 1.165) is 24.8 Å². The predicted octanol–water partition coefficient (Wildman–Crippen LogP) is 5.70. The van der Waals surface area contributed by atoms with Gasteiger partial charge in [0, 0.05) is 21.0 Å². The molecule has 1 aromatic heterocycles. The predicted molar refractivity (Wildman–Crippen MR) is 104 cm³/mol. The van der Waals surface area contributed by atoms with Gasteiger partial charge in [-0.3, -0.25) is 4.79 Å². The zero-order valence-electron chi connectivity index (χ0n) is 13.6. The summed E-state index contributed by atoms with van der Waals surface area (Å²) in [6.45, 7) is 2.21. The van der Waals surface area contributed by atoms with Gasteiger partial charge in [0.2, 0.25) is 5.91 Å². The lowest BCUT2D eigenvalue weighted by molar-refractivity contribution is -0.111. The fourth-order valence-electron chi connectivity index (χ4n) is 2.91. The maximum Gasteiger partial charge on any atom is 0.249 e. The first-order valence-corrected chi connectivity index (χ1v) is 9.54. The number of anilines is 1. The van der Waals surface area contributed by atoms with E-state index in [1.165, 1.54) is 22.3 Å². The monoisotopic (exact) mass is 390 g/mol. The molecular weight excluding hydrogens is 375 g/mol. The number of thiophene rings is 1. The molecule has 0 saturated carbocycles. The number of nitrogens with zero attached hydrogens (tertiary/aromatic N) is 1. The average molecular weight is 391 g/mol. The van der Waals surface area contributed by atoms with Crippen molar-refractivity contribution in [2.45, 2.75) is 26.2 Å². The molecule has 1 aliphatic rings. The van der Waals surface area contributed by atoms with Crippen molar-refractivity contribution >= 4 is 51.5 Å². The molecule has 6 heteroatoms. The van der Waals surface area contributed by atoms with Crippen molar-refractivity contribution in [1.82, 2.24) is 0 Å². The lowest BCUT2D eigenvalue weighted by atomic mass is 9.89. The lowest BCUT2D eigenvalue weighted by Crippen LogP contribution is -2.10. The van der Waals surface area contributed by atoms with Gasteiger partial charge in [-0.15, -0.1) is 11.3 Å². The number of carbonyl (C=O) groups is 1. The third-order valence-electron chi connectivity index (χ3n) is 4.24. The Balaban J connectivity index is 1.77. The maximum absolute atomic E-state index is 12.2. The molecule has 1 heterocycles. The van der Waals surface area contributed by atoms with Gasteiger partial charge in [0.15, 0.2) is 0 Å². The van der Waals surface area contributed by atoms with Crippen molar-refractivity contribution < 1.29 is 4.79 Å². The summed E-state index contributed by atoms with van der Waals surface area (Å²) in [5, 5.41) is 14.0. The summed E-state index contributed by atoms with van der Waals surface area (Å²) in [6.07, 6.45) is 6.01. The van der Waals surface area contributed by atoms with E-state index in [0.29, 0.717) is 32.1 Å². The third-order valence-corrected chi connectivity index (χ3v) is 5.97. The highest BCUT2D eigenvalue weighted by Gasteiger charge is 2.24. The molecule has 1 aliphatic carbocycles. The van der Waals surface area contributed by atoms with Crippen molar-refractivity contribution in [3.05, 3.63) is 55.9 Å². The molecule has 0 aliphatic heterocycles. The first-order chi connectivity index (χ1) is 12.0. The van der Waals surface area contributed by atoms with E-state index in [1.807, 2.05) is 0 Å². The van der Waals surface area contributed by atoms with Gasteiger partial charge in [-0.1, -0.05) is 36.2 Å². The summed E-state index contributed by atoms with van der Waals surface area (Å²) in [5.74, 6) is 0.336. The van der Waals surface area contributed by atoms with Gasteiger partial charge in [0.25, 0.3) is 0 Å². The van der Waals surface area contributed by atoms with Crippen molar-refractivity contribution in [3.8, 4) is 6.07 Å². The molecule has 0 bridgehead atoms. The summed E-state index contributed by atoms with van der Waals surface area (Å²) in [7, 11) is 0. The normalized spacial score (nSPS) is 16.5. The van der Waals surface area contributed by atoms with Crippen molar-refractivity contribution in [1.29, 1.82) is 5.26 Å². The topological polar surface area (TPSA) is 52.9 Å². The molecule has 1 amide bonds. The Hall–Kier alpha value is -1.80. The largest absolute Gasteiger partial charge is 0.313 e. The Labute approximate surface area is 160 Å². The molecule has 0 unspecified atom stereocenters. The van der Waals surface area contributed by atoms with Crippen LogP contribution in [0.3, 0.4) is 0 Å². The third kappa shape index (κ3) is 4.07. The molecule has 1 N–H and O–H groups in total. The van der Waals surface area contributed by atoms with Crippen LogP contribution >= 0.6 is 34.5 Å². The van der Waals surface area contributed by atoms with E-state index in [-0.39, 0.29) is 5.91 Å². The molecule has 0 spiro atoms. The minimum atomic E-state index is -0.283. The fraction of sp³-hybridized carbons (Fsp3) is 0.263. The van der Waals surface area contributed by atoms with E-state index in [1.54, 1.807) is 24.3 Å². The molecule has 1 atom stereocenters. The number of nitrogens with one attached hydrogen (secondary N) is 1. The number of carbonyl (C=O) groups excluding carboxylic acids is 1. The van der Waals surface area contributed by atoms with E-state index in [2.05, 4.69) is 18.3 Å². The van der Waals surface area contributed by atoms with Crippen LogP contribution in [0.1, 0.15) is 34.9 Å². The van der Waals surface area contributed by atoms with Crippen LogP contribution in [0.25, 0.3) is 6.08 Å². The van der Waals surface area contributed by atoms with Crippen molar-refractivity contribution in [2.24, 2.45) is 5.92 Å². The summed E-state index contributed by atoms with van der Waals surface area (Å²) in [6, 6.07) is 7.34. The molecule has 2 aromatic rings. The highest BCUT2D eigenvalue weighted by Crippen LogP contribution is 2.39. The van der Waals surface area contributed by atoms with E-state index in [9.17, 15) is 10.1 Å². The zero-order chi connectivity index (χ0) is 18.0. The second-order valence-electron chi connectivity index (χ2n) is 6.16. The molecule has 0 fully saturated rings. The quantitative estimate of drug-likeness (QED) is 0.682. The minimum absolute atomic E-state index is 0.283. The number of amides is 1. The van der Waals surface area contributed by atoms with Gasteiger partial charge in [0.1, 0.15) is 11.1 Å². The number of rotatable bonds is 3. The molecule has 0 radical (unpaired) electrons. The SMILES string of the molecule is C[C@@H]1CCc2c(sc(NC(=O)/C=C/c3ccc(Cl)cc3Cl)c2C#N)C1. The number of halogens is 2. The van der Waals surface area contributed by atoms with Crippen LogP contribution < -0.4 is 5.32 Å². The van der Waals surface area contributed by atoms with Gasteiger partial charge < -0.3 is 5.32 Å². The highest BCUT2D eigenvalue weighted by molar-refractivity contribution is 7.16. The Bertz CT molecular complexity index is 896. The first kappa shape index (κ1) is 18.0. The number of benzene rings is 1. The Morgan fingerprint density at radius 3 is 2.96 bits per heavy atom. The van der Waals surface area contributed by atoms with Crippen LogP contribution in [0.15, 0.2) is 24.3 Å². The van der Waals surface area contributed by atoms with E-state index < -0.39 is 0 Å². The lowest BCUT2D eigenvalue weighted by Gasteiger charge is -2.17. The zero-order valence-corrected chi connectivity index (χ0v) is 15.9. The average Bonchev–Trinajstić information content (AvgIpc) is 2.89. The molecule has 1 aromatic carbocycles. The molecule has 25 heavy (non-hydrogen) atoms. The molecular formula is C19H16Cl2N2OS. The molecule has 128 valence electrons. The van der Waals surface area contributed by atoms with Crippen molar-refractivity contribution in [3.63, 3.8) is 0 Å². The van der Waals surface area contributed by atoms with Crippen LogP contribution in [0.5, 0.6) is 0 Å². The summed E-state index contributed by atoms with van der Waals surface area (Å²) < 4.78 is 0. The van der Waals surface area contributed by atoms with Crippen molar-refractivity contribution in [2.75, 3.05) is 5.32 Å². The smallest absolute Gasteiger partial charge is 0.249 e. The number of nitriles is 1. The highest BCUT2D eigenvalue weighted by atomic mass is 35.5. The van der Waals surface area contributed by atoms with Gasteiger partial charge in [-0.2, -0.15) is 5.26 Å². The Morgan fingerprint density at radius 2 is 2.24 bits per heavy atom. The van der Waals surface area contributed by atoms with E-state index in [4.69, 9.17) is 23.2 Å². The van der Waals surface area contributed by atoms with Gasteiger partial charge in [-0.05, 0) is 54.5 Å². The summed E-state index contributed by atoms with van der Waals surface area (Å²) in [4.78, 5) is 13.5. The van der Waals surface area contributed by atoms with E-state index >= 15 is 0 Å². The van der Waals surface area contributed by atoms with Gasteiger partial charge in [0.05, 0.1) is 5.56 Å². The standard InChI is InChI=1S/C19H16Cl2N2OS/c1-11-2-6-14-15(10-22)19(25-17(14)8-11)23-18(24)7-4-12-3-5-13(20)9-16(12)21/h3-5,7,9,11H,2,6,8H2,1H3,(H,23,24)/b7-4+/t11-/m1/s1. The van der Waals surface area contributed by atoms with Crippen LogP contribution in [0.2, 0.25) is 10.0 Å². The molecule has 0 saturated heterocycles. The Kier molecular flexibility index (Phi) is 5.48. The van der Waals surface area contributed by atoms with Crippen LogP contribution in [0, 0.1) is 17.2 Å². The van der Waals surface area contributed by atoms with Gasteiger partial charge >= 0.3 is 0 Å². The maximum atomic E-state index is 12.2. The first-order valence-electron chi connectivity index (χ1n) is 7.96. The fourth-order valence-corrected chi connectivity index (χ4v) is 4.75.